The SMILES string of the molecule is Cc1ccc(NC(=O)[C@@H](C)Oc2ccc(Br)cc2Br)cc1O. The number of ether oxygens (including phenoxy) is 1. The minimum Gasteiger partial charge on any atom is -0.508 e. The van der Waals surface area contributed by atoms with E-state index in [0.29, 0.717) is 11.4 Å². The first-order chi connectivity index (χ1) is 10.4. The lowest BCUT2D eigenvalue weighted by atomic mass is 10.2. The highest BCUT2D eigenvalue weighted by Crippen LogP contribution is 2.29. The molecule has 4 nitrogen and oxygen atoms in total. The maximum atomic E-state index is 12.1. The van der Waals surface area contributed by atoms with Crippen LogP contribution in [0.5, 0.6) is 11.5 Å². The molecular weight excluding hydrogens is 414 g/mol. The Hall–Kier alpha value is -1.53. The van der Waals surface area contributed by atoms with E-state index in [-0.39, 0.29) is 11.7 Å². The van der Waals surface area contributed by atoms with Crippen LogP contribution < -0.4 is 10.1 Å². The van der Waals surface area contributed by atoms with E-state index in [9.17, 15) is 9.90 Å². The van der Waals surface area contributed by atoms with Crippen molar-refractivity contribution in [3.05, 3.63) is 50.9 Å². The highest BCUT2D eigenvalue weighted by atomic mass is 79.9. The molecule has 0 heterocycles. The Morgan fingerprint density at radius 2 is 1.95 bits per heavy atom. The van der Waals surface area contributed by atoms with Crippen LogP contribution in [0.3, 0.4) is 0 Å². The minimum absolute atomic E-state index is 0.141. The fourth-order valence-electron chi connectivity index (χ4n) is 1.75. The molecule has 0 saturated carbocycles. The number of hydrogen-bond donors (Lipinski definition) is 2. The summed E-state index contributed by atoms with van der Waals surface area (Å²) in [4.78, 5) is 12.1. The van der Waals surface area contributed by atoms with Crippen molar-refractivity contribution >= 4 is 43.5 Å². The van der Waals surface area contributed by atoms with Crippen LogP contribution in [0.1, 0.15) is 12.5 Å². The van der Waals surface area contributed by atoms with E-state index < -0.39 is 6.10 Å². The van der Waals surface area contributed by atoms with Crippen molar-refractivity contribution in [2.75, 3.05) is 5.32 Å². The summed E-state index contributed by atoms with van der Waals surface area (Å²) in [7, 11) is 0. The zero-order valence-corrected chi connectivity index (χ0v) is 15.2. The number of halogens is 2. The van der Waals surface area contributed by atoms with E-state index in [0.717, 1.165) is 14.5 Å². The number of phenolic OH excluding ortho intramolecular Hbond substituents is 1. The number of carbonyl (C=O) groups excluding carboxylic acids is 1. The van der Waals surface area contributed by atoms with Gasteiger partial charge >= 0.3 is 0 Å². The predicted octanol–water partition coefficient (Wildman–Crippen LogP) is 4.63. The van der Waals surface area contributed by atoms with Crippen LogP contribution >= 0.6 is 31.9 Å². The summed E-state index contributed by atoms with van der Waals surface area (Å²) >= 11 is 6.75. The third kappa shape index (κ3) is 4.24. The van der Waals surface area contributed by atoms with Crippen molar-refractivity contribution in [1.82, 2.24) is 0 Å². The largest absolute Gasteiger partial charge is 0.508 e. The summed E-state index contributed by atoms with van der Waals surface area (Å²) in [6, 6.07) is 10.4. The molecule has 0 spiro atoms. The van der Waals surface area contributed by atoms with Gasteiger partial charge in [-0.2, -0.15) is 0 Å². The van der Waals surface area contributed by atoms with E-state index >= 15 is 0 Å². The van der Waals surface area contributed by atoms with Gasteiger partial charge in [-0.1, -0.05) is 22.0 Å². The van der Waals surface area contributed by atoms with Gasteiger partial charge in [0.15, 0.2) is 6.10 Å². The van der Waals surface area contributed by atoms with Gasteiger partial charge in [-0.05, 0) is 59.6 Å². The standard InChI is InChI=1S/C16H15Br2NO3/c1-9-3-5-12(8-14(9)20)19-16(21)10(2)22-15-6-4-11(17)7-13(15)18/h3-8,10,20H,1-2H3,(H,19,21)/t10-/m1/s1. The summed E-state index contributed by atoms with van der Waals surface area (Å²) in [5.41, 5.74) is 1.28. The lowest BCUT2D eigenvalue weighted by Crippen LogP contribution is -2.30. The third-order valence-corrected chi connectivity index (χ3v) is 4.16. The Morgan fingerprint density at radius 1 is 1.23 bits per heavy atom. The van der Waals surface area contributed by atoms with Crippen molar-refractivity contribution in [3.63, 3.8) is 0 Å². The van der Waals surface area contributed by atoms with Crippen molar-refractivity contribution in [2.45, 2.75) is 20.0 Å². The van der Waals surface area contributed by atoms with Crippen molar-refractivity contribution < 1.29 is 14.6 Å². The molecule has 0 bridgehead atoms. The van der Waals surface area contributed by atoms with Gasteiger partial charge < -0.3 is 15.2 Å². The van der Waals surface area contributed by atoms with E-state index in [1.54, 1.807) is 32.0 Å². The molecule has 6 heteroatoms. The van der Waals surface area contributed by atoms with Crippen LogP contribution in [0, 0.1) is 6.92 Å². The van der Waals surface area contributed by atoms with Crippen molar-refractivity contribution in [1.29, 1.82) is 0 Å². The fraction of sp³-hybridized carbons (Fsp3) is 0.188. The first-order valence-corrected chi connectivity index (χ1v) is 8.17. The number of amides is 1. The normalized spacial score (nSPS) is 11.8. The summed E-state index contributed by atoms with van der Waals surface area (Å²) in [5.74, 6) is 0.428. The van der Waals surface area contributed by atoms with Gasteiger partial charge in [0.1, 0.15) is 11.5 Å². The highest BCUT2D eigenvalue weighted by molar-refractivity contribution is 9.11. The maximum Gasteiger partial charge on any atom is 0.265 e. The minimum atomic E-state index is -0.680. The van der Waals surface area contributed by atoms with E-state index in [2.05, 4.69) is 37.2 Å². The number of aromatic hydroxyl groups is 1. The van der Waals surface area contributed by atoms with Crippen LogP contribution in [-0.2, 0) is 4.79 Å². The summed E-state index contributed by atoms with van der Waals surface area (Å²) in [6.07, 6.45) is -0.680. The lowest BCUT2D eigenvalue weighted by molar-refractivity contribution is -0.122. The van der Waals surface area contributed by atoms with Gasteiger partial charge in [0.2, 0.25) is 0 Å². The highest BCUT2D eigenvalue weighted by Gasteiger charge is 2.16. The van der Waals surface area contributed by atoms with Crippen molar-refractivity contribution in [2.24, 2.45) is 0 Å². The number of hydrogen-bond acceptors (Lipinski definition) is 3. The molecule has 1 amide bonds. The average Bonchev–Trinajstić information content (AvgIpc) is 2.45. The molecule has 0 aromatic heterocycles. The summed E-state index contributed by atoms with van der Waals surface area (Å²) in [6.45, 7) is 3.45. The molecule has 0 aliphatic heterocycles. The molecule has 22 heavy (non-hydrogen) atoms. The lowest BCUT2D eigenvalue weighted by Gasteiger charge is -2.16. The van der Waals surface area contributed by atoms with Gasteiger partial charge in [-0.25, -0.2) is 0 Å². The monoisotopic (exact) mass is 427 g/mol. The number of carbonyl (C=O) groups is 1. The van der Waals surface area contributed by atoms with Crippen molar-refractivity contribution in [3.8, 4) is 11.5 Å². The molecule has 2 N–H and O–H groups in total. The van der Waals surface area contributed by atoms with E-state index in [4.69, 9.17) is 4.74 Å². The van der Waals surface area contributed by atoms with E-state index in [1.165, 1.54) is 6.07 Å². The molecule has 0 unspecified atom stereocenters. The Morgan fingerprint density at radius 3 is 2.59 bits per heavy atom. The zero-order valence-electron chi connectivity index (χ0n) is 12.1. The summed E-state index contributed by atoms with van der Waals surface area (Å²) < 4.78 is 7.32. The Bertz CT molecular complexity index is 704. The molecule has 0 aliphatic carbocycles. The molecule has 116 valence electrons. The Kier molecular flexibility index (Phi) is 5.47. The second-order valence-corrected chi connectivity index (χ2v) is 6.60. The predicted molar refractivity (Wildman–Crippen MR) is 93.4 cm³/mol. The molecule has 2 rings (SSSR count). The van der Waals surface area contributed by atoms with Gasteiger partial charge in [0, 0.05) is 16.2 Å². The molecule has 2 aromatic rings. The summed E-state index contributed by atoms with van der Waals surface area (Å²) in [5, 5.41) is 12.4. The van der Waals surface area contributed by atoms with Gasteiger partial charge in [-0.3, -0.25) is 4.79 Å². The van der Waals surface area contributed by atoms with Gasteiger partial charge in [0.05, 0.1) is 4.47 Å². The Labute approximate surface area is 145 Å². The molecule has 1 atom stereocenters. The number of rotatable bonds is 4. The smallest absolute Gasteiger partial charge is 0.265 e. The zero-order chi connectivity index (χ0) is 16.3. The van der Waals surface area contributed by atoms with Gasteiger partial charge in [-0.15, -0.1) is 0 Å². The van der Waals surface area contributed by atoms with Crippen LogP contribution in [0.4, 0.5) is 5.69 Å². The number of benzene rings is 2. The number of phenols is 1. The van der Waals surface area contributed by atoms with Crippen LogP contribution in [-0.4, -0.2) is 17.1 Å². The molecule has 2 aromatic carbocycles. The number of aryl methyl sites for hydroxylation is 1. The molecule has 0 fully saturated rings. The molecule has 0 radical (unpaired) electrons. The number of anilines is 1. The second kappa shape index (κ2) is 7.15. The van der Waals surface area contributed by atoms with Crippen LogP contribution in [0.15, 0.2) is 45.3 Å². The molecular formula is C16H15Br2NO3. The quantitative estimate of drug-likeness (QED) is 0.746. The fourth-order valence-corrected chi connectivity index (χ4v) is 2.89. The van der Waals surface area contributed by atoms with Gasteiger partial charge in [0.25, 0.3) is 5.91 Å². The molecule has 0 saturated heterocycles. The second-order valence-electron chi connectivity index (χ2n) is 4.83. The van der Waals surface area contributed by atoms with Crippen LogP contribution in [0.25, 0.3) is 0 Å². The maximum absolute atomic E-state index is 12.1. The number of nitrogens with one attached hydrogen (secondary N) is 1. The van der Waals surface area contributed by atoms with Crippen LogP contribution in [0.2, 0.25) is 0 Å². The molecule has 0 aliphatic rings. The first kappa shape index (κ1) is 16.8. The first-order valence-electron chi connectivity index (χ1n) is 6.59. The third-order valence-electron chi connectivity index (χ3n) is 3.04. The van der Waals surface area contributed by atoms with E-state index in [1.807, 2.05) is 12.1 Å². The Balaban J connectivity index is 2.04. The topological polar surface area (TPSA) is 58.6 Å². The average molecular weight is 429 g/mol.